The minimum Gasteiger partial charge on any atom is -0.379 e. The van der Waals surface area contributed by atoms with E-state index in [1.54, 1.807) is 0 Å². The zero-order chi connectivity index (χ0) is 12.1. The molecule has 2 N–H and O–H groups in total. The van der Waals surface area contributed by atoms with Crippen LogP contribution in [0.15, 0.2) is 6.07 Å². The van der Waals surface area contributed by atoms with E-state index in [1.807, 2.05) is 13.0 Å². The third-order valence-corrected chi connectivity index (χ3v) is 2.71. The van der Waals surface area contributed by atoms with E-state index in [0.717, 1.165) is 50.1 Å². The van der Waals surface area contributed by atoms with Crippen molar-refractivity contribution in [3.63, 3.8) is 0 Å². The van der Waals surface area contributed by atoms with E-state index in [4.69, 9.17) is 4.74 Å². The van der Waals surface area contributed by atoms with Crippen molar-refractivity contribution in [2.75, 3.05) is 30.4 Å². The monoisotopic (exact) mass is 236 g/mol. The van der Waals surface area contributed by atoms with Crippen molar-refractivity contribution in [1.29, 1.82) is 0 Å². The summed E-state index contributed by atoms with van der Waals surface area (Å²) in [6.07, 6.45) is 2.25. The van der Waals surface area contributed by atoms with E-state index in [0.29, 0.717) is 6.04 Å². The van der Waals surface area contributed by atoms with Gasteiger partial charge in [0.15, 0.2) is 0 Å². The molecule has 2 rings (SSSR count). The Hall–Kier alpha value is -1.36. The van der Waals surface area contributed by atoms with Gasteiger partial charge in [-0.25, -0.2) is 9.97 Å². The van der Waals surface area contributed by atoms with Gasteiger partial charge in [-0.2, -0.15) is 0 Å². The molecule has 5 heteroatoms. The fraction of sp³-hybridized carbons (Fsp3) is 0.667. The smallest absolute Gasteiger partial charge is 0.132 e. The second-order valence-electron chi connectivity index (χ2n) is 4.27. The second kappa shape index (κ2) is 5.82. The summed E-state index contributed by atoms with van der Waals surface area (Å²) in [4.78, 5) is 8.72. The van der Waals surface area contributed by atoms with Crippen molar-refractivity contribution in [2.45, 2.75) is 32.7 Å². The highest BCUT2D eigenvalue weighted by molar-refractivity contribution is 5.48. The number of ether oxygens (including phenoxy) is 1. The Kier molecular flexibility index (Phi) is 4.14. The molecule has 17 heavy (non-hydrogen) atoms. The molecular formula is C12H20N4O. The minimum atomic E-state index is 0.368. The van der Waals surface area contributed by atoms with Crippen LogP contribution >= 0.6 is 0 Å². The highest BCUT2D eigenvalue weighted by Gasteiger charge is 2.14. The Balaban J connectivity index is 2.03. The van der Waals surface area contributed by atoms with E-state index >= 15 is 0 Å². The van der Waals surface area contributed by atoms with Gasteiger partial charge in [0.2, 0.25) is 0 Å². The Bertz CT molecular complexity index is 364. The van der Waals surface area contributed by atoms with E-state index in [-0.39, 0.29) is 0 Å². The fourth-order valence-corrected chi connectivity index (χ4v) is 1.98. The molecule has 0 radical (unpaired) electrons. The van der Waals surface area contributed by atoms with Gasteiger partial charge in [-0.05, 0) is 26.7 Å². The predicted molar refractivity (Wildman–Crippen MR) is 68.4 cm³/mol. The van der Waals surface area contributed by atoms with Crippen LogP contribution in [0, 0.1) is 6.92 Å². The van der Waals surface area contributed by atoms with Crippen molar-refractivity contribution >= 4 is 11.6 Å². The lowest BCUT2D eigenvalue weighted by atomic mass is 10.1. The van der Waals surface area contributed by atoms with Crippen LogP contribution in [-0.2, 0) is 4.74 Å². The highest BCUT2D eigenvalue weighted by Crippen LogP contribution is 2.15. The maximum Gasteiger partial charge on any atom is 0.132 e. The van der Waals surface area contributed by atoms with Crippen molar-refractivity contribution in [3.8, 4) is 0 Å². The average Bonchev–Trinajstić information content (AvgIpc) is 2.30. The number of nitrogens with one attached hydrogen (secondary N) is 2. The molecule has 1 aliphatic heterocycles. The Morgan fingerprint density at radius 2 is 2.24 bits per heavy atom. The first-order valence-electron chi connectivity index (χ1n) is 6.21. The van der Waals surface area contributed by atoms with Crippen LogP contribution in [0.3, 0.4) is 0 Å². The predicted octanol–water partition coefficient (Wildman–Crippen LogP) is 1.81. The molecule has 94 valence electrons. The molecule has 0 aliphatic carbocycles. The fourth-order valence-electron chi connectivity index (χ4n) is 1.98. The summed E-state index contributed by atoms with van der Waals surface area (Å²) in [6.45, 7) is 6.47. The standard InChI is InChI=1S/C12H20N4O/c1-3-13-11-7-12(15-9(2)14-11)16-10-5-4-6-17-8-10/h7,10H,3-6,8H2,1-2H3,(H2,13,14,15,16). The molecule has 0 saturated carbocycles. The molecule has 1 saturated heterocycles. The van der Waals surface area contributed by atoms with E-state index < -0.39 is 0 Å². The van der Waals surface area contributed by atoms with Crippen LogP contribution in [0.5, 0.6) is 0 Å². The molecule has 0 bridgehead atoms. The first-order chi connectivity index (χ1) is 8.28. The quantitative estimate of drug-likeness (QED) is 0.835. The number of hydrogen-bond acceptors (Lipinski definition) is 5. The summed E-state index contributed by atoms with van der Waals surface area (Å²) in [5, 5.41) is 6.61. The van der Waals surface area contributed by atoms with Gasteiger partial charge in [0.05, 0.1) is 12.6 Å². The molecule has 1 aliphatic rings. The topological polar surface area (TPSA) is 59.1 Å². The highest BCUT2D eigenvalue weighted by atomic mass is 16.5. The molecule has 1 unspecified atom stereocenters. The van der Waals surface area contributed by atoms with Gasteiger partial charge < -0.3 is 15.4 Å². The number of anilines is 2. The Morgan fingerprint density at radius 1 is 1.41 bits per heavy atom. The Morgan fingerprint density at radius 3 is 2.94 bits per heavy atom. The summed E-state index contributed by atoms with van der Waals surface area (Å²) in [5.74, 6) is 2.53. The SMILES string of the molecule is CCNc1cc(NC2CCCOC2)nc(C)n1. The summed E-state index contributed by atoms with van der Waals surface area (Å²) in [7, 11) is 0. The van der Waals surface area contributed by atoms with Crippen LogP contribution in [-0.4, -0.2) is 35.8 Å². The second-order valence-corrected chi connectivity index (χ2v) is 4.27. The number of aromatic nitrogens is 2. The molecule has 1 fully saturated rings. The average molecular weight is 236 g/mol. The molecule has 5 nitrogen and oxygen atoms in total. The summed E-state index contributed by atoms with van der Waals surface area (Å²) >= 11 is 0. The normalized spacial score (nSPS) is 20.0. The number of hydrogen-bond donors (Lipinski definition) is 2. The summed E-state index contributed by atoms with van der Waals surface area (Å²) < 4.78 is 5.44. The summed E-state index contributed by atoms with van der Waals surface area (Å²) in [5.41, 5.74) is 0. The van der Waals surface area contributed by atoms with E-state index in [9.17, 15) is 0 Å². The van der Waals surface area contributed by atoms with Gasteiger partial charge in [0.1, 0.15) is 17.5 Å². The molecule has 0 amide bonds. The first-order valence-corrected chi connectivity index (χ1v) is 6.21. The molecule has 2 heterocycles. The maximum atomic E-state index is 5.44. The van der Waals surface area contributed by atoms with Gasteiger partial charge in [-0.15, -0.1) is 0 Å². The third-order valence-electron chi connectivity index (χ3n) is 2.71. The number of nitrogens with zero attached hydrogens (tertiary/aromatic N) is 2. The van der Waals surface area contributed by atoms with Gasteiger partial charge in [0.25, 0.3) is 0 Å². The van der Waals surface area contributed by atoms with Crippen molar-refractivity contribution < 1.29 is 4.74 Å². The van der Waals surface area contributed by atoms with Crippen LogP contribution in [0.1, 0.15) is 25.6 Å². The maximum absolute atomic E-state index is 5.44. The van der Waals surface area contributed by atoms with Gasteiger partial charge in [-0.1, -0.05) is 0 Å². The number of rotatable bonds is 4. The van der Waals surface area contributed by atoms with E-state index in [2.05, 4.69) is 27.5 Å². The minimum absolute atomic E-state index is 0.368. The molecule has 1 aromatic rings. The third kappa shape index (κ3) is 3.56. The first kappa shape index (κ1) is 12.1. The zero-order valence-corrected chi connectivity index (χ0v) is 10.5. The lowest BCUT2D eigenvalue weighted by molar-refractivity contribution is 0.0875. The lowest BCUT2D eigenvalue weighted by Gasteiger charge is -2.23. The van der Waals surface area contributed by atoms with Gasteiger partial charge in [-0.3, -0.25) is 0 Å². The van der Waals surface area contributed by atoms with Crippen molar-refractivity contribution in [3.05, 3.63) is 11.9 Å². The van der Waals surface area contributed by atoms with Crippen LogP contribution in [0.2, 0.25) is 0 Å². The molecule has 1 aromatic heterocycles. The molecule has 1 atom stereocenters. The van der Waals surface area contributed by atoms with Crippen LogP contribution < -0.4 is 10.6 Å². The Labute approximate surface area is 102 Å². The van der Waals surface area contributed by atoms with Crippen molar-refractivity contribution in [1.82, 2.24) is 9.97 Å². The molecular weight excluding hydrogens is 216 g/mol. The molecule has 0 aromatic carbocycles. The zero-order valence-electron chi connectivity index (χ0n) is 10.5. The number of aryl methyl sites for hydroxylation is 1. The largest absolute Gasteiger partial charge is 0.379 e. The van der Waals surface area contributed by atoms with Crippen LogP contribution in [0.4, 0.5) is 11.6 Å². The van der Waals surface area contributed by atoms with E-state index in [1.165, 1.54) is 0 Å². The van der Waals surface area contributed by atoms with Crippen molar-refractivity contribution in [2.24, 2.45) is 0 Å². The lowest BCUT2D eigenvalue weighted by Crippen LogP contribution is -2.30. The van der Waals surface area contributed by atoms with Gasteiger partial charge in [0, 0.05) is 19.2 Å². The summed E-state index contributed by atoms with van der Waals surface area (Å²) in [6, 6.07) is 2.32. The van der Waals surface area contributed by atoms with Crippen LogP contribution in [0.25, 0.3) is 0 Å². The van der Waals surface area contributed by atoms with Gasteiger partial charge >= 0.3 is 0 Å². The molecule has 0 spiro atoms.